The first-order chi connectivity index (χ1) is 5.15. The first kappa shape index (κ1) is 8.65. The molecule has 1 heterocycles. The Kier molecular flexibility index (Phi) is 2.60. The Hall–Kier alpha value is -0.440. The van der Waals surface area contributed by atoms with Crippen molar-refractivity contribution in [2.24, 2.45) is 0 Å². The third-order valence-corrected chi connectivity index (χ3v) is 1.97. The van der Waals surface area contributed by atoms with E-state index in [1.54, 1.807) is 0 Å². The summed E-state index contributed by atoms with van der Waals surface area (Å²) >= 11 is 4.15. The minimum Gasteiger partial charge on any atom is -0.345 e. The van der Waals surface area contributed by atoms with E-state index in [-0.39, 0.29) is 0 Å². The van der Waals surface area contributed by atoms with Gasteiger partial charge in [-0.3, -0.25) is 0 Å². The van der Waals surface area contributed by atoms with E-state index in [2.05, 4.69) is 43.4 Å². The van der Waals surface area contributed by atoms with E-state index < -0.39 is 0 Å². The number of aryl methyl sites for hydroxylation is 1. The standard InChI is InChI=1S/C8H14N2S/c1-5(2)8-6(3)9-7(4-11)10-8/h5,11H,4H2,1-3H3,(H,9,10). The predicted octanol–water partition coefficient (Wildman–Crippen LogP) is 2.27. The van der Waals surface area contributed by atoms with Gasteiger partial charge < -0.3 is 4.98 Å². The molecular weight excluding hydrogens is 156 g/mol. The van der Waals surface area contributed by atoms with Gasteiger partial charge in [0.2, 0.25) is 0 Å². The van der Waals surface area contributed by atoms with Gasteiger partial charge in [-0.2, -0.15) is 12.6 Å². The van der Waals surface area contributed by atoms with Gasteiger partial charge in [0.1, 0.15) is 5.82 Å². The summed E-state index contributed by atoms with van der Waals surface area (Å²) in [7, 11) is 0. The Morgan fingerprint density at radius 2 is 2.18 bits per heavy atom. The first-order valence-corrected chi connectivity index (χ1v) is 4.44. The number of imidazole rings is 1. The molecule has 0 unspecified atom stereocenters. The lowest BCUT2D eigenvalue weighted by atomic mass is 10.1. The molecule has 0 aliphatic heterocycles. The Balaban J connectivity index is 2.97. The molecule has 1 aromatic rings. The monoisotopic (exact) mass is 170 g/mol. The molecule has 11 heavy (non-hydrogen) atoms. The van der Waals surface area contributed by atoms with Crippen molar-refractivity contribution in [2.75, 3.05) is 0 Å². The molecule has 1 aromatic heterocycles. The second-order valence-corrected chi connectivity index (χ2v) is 3.32. The van der Waals surface area contributed by atoms with Crippen LogP contribution in [0.4, 0.5) is 0 Å². The number of hydrogen-bond donors (Lipinski definition) is 2. The zero-order valence-corrected chi connectivity index (χ0v) is 8.07. The highest BCUT2D eigenvalue weighted by atomic mass is 32.1. The predicted molar refractivity (Wildman–Crippen MR) is 50.1 cm³/mol. The highest BCUT2D eigenvalue weighted by Gasteiger charge is 2.08. The van der Waals surface area contributed by atoms with Crippen LogP contribution in [0.2, 0.25) is 0 Å². The summed E-state index contributed by atoms with van der Waals surface area (Å²) in [6.07, 6.45) is 0. The van der Waals surface area contributed by atoms with Gasteiger partial charge in [-0.25, -0.2) is 4.98 Å². The quantitative estimate of drug-likeness (QED) is 0.655. The summed E-state index contributed by atoms with van der Waals surface area (Å²) in [5.74, 6) is 2.16. The topological polar surface area (TPSA) is 28.7 Å². The lowest BCUT2D eigenvalue weighted by Crippen LogP contribution is -1.89. The maximum absolute atomic E-state index is 4.40. The van der Waals surface area contributed by atoms with Gasteiger partial charge in [0, 0.05) is 11.4 Å². The van der Waals surface area contributed by atoms with Crippen molar-refractivity contribution in [3.63, 3.8) is 0 Å². The van der Waals surface area contributed by atoms with Crippen LogP contribution < -0.4 is 0 Å². The van der Waals surface area contributed by atoms with Crippen molar-refractivity contribution in [1.29, 1.82) is 0 Å². The Labute approximate surface area is 72.8 Å². The van der Waals surface area contributed by atoms with E-state index >= 15 is 0 Å². The van der Waals surface area contributed by atoms with E-state index in [1.165, 1.54) is 5.69 Å². The van der Waals surface area contributed by atoms with Crippen LogP contribution >= 0.6 is 12.6 Å². The third-order valence-electron chi connectivity index (χ3n) is 1.67. The molecule has 0 aromatic carbocycles. The van der Waals surface area contributed by atoms with E-state index in [0.717, 1.165) is 11.5 Å². The van der Waals surface area contributed by atoms with Crippen LogP contribution in [-0.4, -0.2) is 9.97 Å². The highest BCUT2D eigenvalue weighted by Crippen LogP contribution is 2.16. The van der Waals surface area contributed by atoms with Crippen LogP contribution in [-0.2, 0) is 5.75 Å². The fourth-order valence-corrected chi connectivity index (χ4v) is 1.32. The second kappa shape index (κ2) is 3.30. The van der Waals surface area contributed by atoms with Crippen molar-refractivity contribution in [1.82, 2.24) is 9.97 Å². The average molecular weight is 170 g/mol. The molecule has 0 bridgehead atoms. The average Bonchev–Trinajstić information content (AvgIpc) is 2.30. The molecule has 1 rings (SSSR count). The van der Waals surface area contributed by atoms with Crippen molar-refractivity contribution in [2.45, 2.75) is 32.4 Å². The molecule has 0 amide bonds. The summed E-state index contributed by atoms with van der Waals surface area (Å²) in [5.41, 5.74) is 2.33. The summed E-state index contributed by atoms with van der Waals surface area (Å²) in [5, 5.41) is 0. The number of aromatic amines is 1. The number of hydrogen-bond acceptors (Lipinski definition) is 2. The third kappa shape index (κ3) is 1.77. The van der Waals surface area contributed by atoms with Gasteiger partial charge in [0.05, 0.1) is 5.69 Å². The Morgan fingerprint density at radius 3 is 2.45 bits per heavy atom. The number of aromatic nitrogens is 2. The SMILES string of the molecule is Cc1[nH]c(CS)nc1C(C)C. The number of thiol groups is 1. The van der Waals surface area contributed by atoms with E-state index in [1.807, 2.05) is 0 Å². The fourth-order valence-electron chi connectivity index (χ4n) is 1.17. The van der Waals surface area contributed by atoms with Crippen molar-refractivity contribution < 1.29 is 0 Å². The molecule has 1 N–H and O–H groups in total. The largest absolute Gasteiger partial charge is 0.345 e. The van der Waals surface area contributed by atoms with Crippen LogP contribution in [0.15, 0.2) is 0 Å². The second-order valence-electron chi connectivity index (χ2n) is 3.01. The maximum atomic E-state index is 4.40. The summed E-state index contributed by atoms with van der Waals surface area (Å²) in [6, 6.07) is 0. The number of nitrogens with zero attached hydrogens (tertiary/aromatic N) is 1. The van der Waals surface area contributed by atoms with Gasteiger partial charge in [-0.1, -0.05) is 13.8 Å². The van der Waals surface area contributed by atoms with Crippen molar-refractivity contribution in [3.8, 4) is 0 Å². The fraction of sp³-hybridized carbons (Fsp3) is 0.625. The van der Waals surface area contributed by atoms with Crippen LogP contribution in [0.5, 0.6) is 0 Å². The summed E-state index contributed by atoms with van der Waals surface area (Å²) in [6.45, 7) is 6.34. The smallest absolute Gasteiger partial charge is 0.116 e. The van der Waals surface area contributed by atoms with Crippen LogP contribution in [0, 0.1) is 6.92 Å². The van der Waals surface area contributed by atoms with Crippen LogP contribution in [0.25, 0.3) is 0 Å². The molecule has 0 fully saturated rings. The molecule has 0 saturated heterocycles. The molecule has 3 heteroatoms. The molecule has 0 aliphatic rings. The van der Waals surface area contributed by atoms with Crippen LogP contribution in [0.3, 0.4) is 0 Å². The van der Waals surface area contributed by atoms with E-state index in [4.69, 9.17) is 0 Å². The molecule has 0 aliphatic carbocycles. The molecule has 0 spiro atoms. The zero-order valence-electron chi connectivity index (χ0n) is 7.18. The summed E-state index contributed by atoms with van der Waals surface area (Å²) < 4.78 is 0. The van der Waals surface area contributed by atoms with Crippen molar-refractivity contribution in [3.05, 3.63) is 17.2 Å². The zero-order chi connectivity index (χ0) is 8.43. The Morgan fingerprint density at radius 1 is 1.55 bits per heavy atom. The minimum atomic E-state index is 0.500. The number of H-pyrrole nitrogens is 1. The van der Waals surface area contributed by atoms with E-state index in [9.17, 15) is 0 Å². The molecule has 62 valence electrons. The Bertz CT molecular complexity index is 240. The summed E-state index contributed by atoms with van der Waals surface area (Å²) in [4.78, 5) is 7.58. The van der Waals surface area contributed by atoms with Gasteiger partial charge in [0.25, 0.3) is 0 Å². The molecular formula is C8H14N2S. The highest BCUT2D eigenvalue weighted by molar-refractivity contribution is 7.79. The number of nitrogens with one attached hydrogen (secondary N) is 1. The van der Waals surface area contributed by atoms with Gasteiger partial charge in [-0.15, -0.1) is 0 Å². The van der Waals surface area contributed by atoms with E-state index in [0.29, 0.717) is 11.7 Å². The maximum Gasteiger partial charge on any atom is 0.116 e. The van der Waals surface area contributed by atoms with Gasteiger partial charge in [0.15, 0.2) is 0 Å². The molecule has 0 radical (unpaired) electrons. The first-order valence-electron chi connectivity index (χ1n) is 3.81. The van der Waals surface area contributed by atoms with Crippen LogP contribution in [0.1, 0.15) is 37.0 Å². The molecule has 2 nitrogen and oxygen atoms in total. The molecule has 0 saturated carbocycles. The van der Waals surface area contributed by atoms with Gasteiger partial charge >= 0.3 is 0 Å². The van der Waals surface area contributed by atoms with Gasteiger partial charge in [-0.05, 0) is 12.8 Å². The lowest BCUT2D eigenvalue weighted by Gasteiger charge is -1.99. The lowest BCUT2D eigenvalue weighted by molar-refractivity contribution is 0.819. The van der Waals surface area contributed by atoms with Crippen molar-refractivity contribution >= 4 is 12.6 Å². The minimum absolute atomic E-state index is 0.500. The number of rotatable bonds is 2. The normalized spacial score (nSPS) is 11.0. The molecule has 0 atom stereocenters.